The average Bonchev–Trinajstić information content (AvgIpc) is 3.04. The van der Waals surface area contributed by atoms with Gasteiger partial charge in [0.15, 0.2) is 0 Å². The number of hydrogen-bond donors (Lipinski definition) is 0. The van der Waals surface area contributed by atoms with Crippen molar-refractivity contribution in [3.8, 4) is 0 Å². The molecule has 0 N–H and O–H groups in total. The van der Waals surface area contributed by atoms with Gasteiger partial charge >= 0.3 is 6.03 Å². The Morgan fingerprint density at radius 3 is 3.00 bits per heavy atom. The third-order valence-corrected chi connectivity index (χ3v) is 5.47. The molecule has 23 heavy (non-hydrogen) atoms. The number of para-hydroxylation sites is 1. The summed E-state index contributed by atoms with van der Waals surface area (Å²) in [6.07, 6.45) is 4.22. The first kappa shape index (κ1) is 15.0. The zero-order valence-corrected chi connectivity index (χ0v) is 13.6. The van der Waals surface area contributed by atoms with E-state index >= 15 is 0 Å². The molecule has 3 aliphatic rings. The zero-order valence-electron chi connectivity index (χ0n) is 13.6. The number of amides is 2. The fraction of sp³-hybridized carbons (Fsp3) is 0.611. The van der Waals surface area contributed by atoms with Gasteiger partial charge in [-0.05, 0) is 37.3 Å². The number of urea groups is 1. The van der Waals surface area contributed by atoms with E-state index in [0.717, 1.165) is 37.9 Å². The lowest BCUT2D eigenvalue weighted by Crippen LogP contribution is -2.59. The van der Waals surface area contributed by atoms with E-state index < -0.39 is 0 Å². The van der Waals surface area contributed by atoms with E-state index in [4.69, 9.17) is 9.47 Å². The number of benzene rings is 1. The normalized spacial score (nSPS) is 30.0. The fourth-order valence-corrected chi connectivity index (χ4v) is 4.22. The molecule has 124 valence electrons. The van der Waals surface area contributed by atoms with Crippen molar-refractivity contribution in [2.45, 2.75) is 43.9 Å². The number of carbonyl (C=O) groups is 1. The van der Waals surface area contributed by atoms with Gasteiger partial charge < -0.3 is 14.4 Å². The maximum atomic E-state index is 13.2. The molecule has 0 bridgehead atoms. The lowest BCUT2D eigenvalue weighted by atomic mass is 9.88. The second-order valence-corrected chi connectivity index (χ2v) is 6.65. The molecular formula is C18H24N2O3. The van der Waals surface area contributed by atoms with E-state index in [1.165, 1.54) is 5.56 Å². The highest BCUT2D eigenvalue weighted by atomic mass is 16.5. The number of rotatable bonds is 1. The van der Waals surface area contributed by atoms with Crippen LogP contribution in [0, 0.1) is 0 Å². The maximum Gasteiger partial charge on any atom is 0.324 e. The Labute approximate surface area is 137 Å². The van der Waals surface area contributed by atoms with Gasteiger partial charge in [-0.2, -0.15) is 0 Å². The highest BCUT2D eigenvalue weighted by molar-refractivity contribution is 5.94. The molecule has 1 aromatic rings. The Bertz CT molecular complexity index is 591. The van der Waals surface area contributed by atoms with E-state index in [9.17, 15) is 4.79 Å². The first-order chi connectivity index (χ1) is 11.3. The minimum Gasteiger partial charge on any atom is -0.381 e. The number of methoxy groups -OCH3 is 1. The van der Waals surface area contributed by atoms with E-state index in [1.807, 2.05) is 21.9 Å². The Morgan fingerprint density at radius 1 is 1.26 bits per heavy atom. The van der Waals surface area contributed by atoms with E-state index in [0.29, 0.717) is 13.2 Å². The SMILES string of the molecule is CO[C@@H]1CC[C@H]2OCCN(C(=O)N3CCc4ccccc43)[C@@H]2C1. The van der Waals surface area contributed by atoms with Crippen molar-refractivity contribution >= 4 is 11.7 Å². The summed E-state index contributed by atoms with van der Waals surface area (Å²) in [7, 11) is 1.76. The number of carbonyl (C=O) groups excluding carboxylic acids is 1. The largest absolute Gasteiger partial charge is 0.381 e. The van der Waals surface area contributed by atoms with Gasteiger partial charge in [-0.1, -0.05) is 18.2 Å². The average molecular weight is 316 g/mol. The Hall–Kier alpha value is -1.59. The molecule has 5 nitrogen and oxygen atoms in total. The van der Waals surface area contributed by atoms with Gasteiger partial charge in [0.1, 0.15) is 0 Å². The van der Waals surface area contributed by atoms with E-state index in [1.54, 1.807) is 7.11 Å². The van der Waals surface area contributed by atoms with Gasteiger partial charge in [-0.25, -0.2) is 4.79 Å². The predicted octanol–water partition coefficient (Wildman–Crippen LogP) is 2.44. The molecule has 2 aliphatic heterocycles. The number of morpholine rings is 1. The molecule has 2 heterocycles. The van der Waals surface area contributed by atoms with Gasteiger partial charge in [-0.3, -0.25) is 4.90 Å². The minimum atomic E-state index is 0.130. The van der Waals surface area contributed by atoms with Crippen LogP contribution in [0.1, 0.15) is 24.8 Å². The van der Waals surface area contributed by atoms with Crippen molar-refractivity contribution in [2.75, 3.05) is 31.7 Å². The minimum absolute atomic E-state index is 0.130. The second-order valence-electron chi connectivity index (χ2n) is 6.65. The molecule has 5 heteroatoms. The highest BCUT2D eigenvalue weighted by Gasteiger charge is 2.42. The number of anilines is 1. The smallest absolute Gasteiger partial charge is 0.324 e. The van der Waals surface area contributed by atoms with Crippen LogP contribution >= 0.6 is 0 Å². The number of fused-ring (bicyclic) bond motifs is 2. The molecule has 4 rings (SSSR count). The van der Waals surface area contributed by atoms with Crippen molar-refractivity contribution in [1.82, 2.24) is 4.90 Å². The lowest BCUT2D eigenvalue weighted by Gasteiger charge is -2.46. The summed E-state index contributed by atoms with van der Waals surface area (Å²) in [5, 5.41) is 0. The summed E-state index contributed by atoms with van der Waals surface area (Å²) >= 11 is 0. The van der Waals surface area contributed by atoms with Gasteiger partial charge in [0.2, 0.25) is 0 Å². The topological polar surface area (TPSA) is 42.0 Å². The summed E-state index contributed by atoms with van der Waals surface area (Å²) in [6.45, 7) is 2.09. The van der Waals surface area contributed by atoms with Crippen molar-refractivity contribution < 1.29 is 14.3 Å². The molecule has 1 aliphatic carbocycles. The van der Waals surface area contributed by atoms with Crippen molar-refractivity contribution in [2.24, 2.45) is 0 Å². The molecule has 0 aromatic heterocycles. The van der Waals surface area contributed by atoms with Crippen LogP contribution in [0.5, 0.6) is 0 Å². The van der Waals surface area contributed by atoms with E-state index in [-0.39, 0.29) is 24.3 Å². The van der Waals surface area contributed by atoms with Crippen LogP contribution in [0.3, 0.4) is 0 Å². The van der Waals surface area contributed by atoms with Crippen LogP contribution in [0.25, 0.3) is 0 Å². The third-order valence-electron chi connectivity index (χ3n) is 5.47. The van der Waals surface area contributed by atoms with Crippen molar-refractivity contribution in [1.29, 1.82) is 0 Å². The van der Waals surface area contributed by atoms with Crippen molar-refractivity contribution in [3.05, 3.63) is 29.8 Å². The number of nitrogens with zero attached hydrogens (tertiary/aromatic N) is 2. The van der Waals surface area contributed by atoms with Crippen LogP contribution in [0.15, 0.2) is 24.3 Å². The predicted molar refractivity (Wildman–Crippen MR) is 87.8 cm³/mol. The summed E-state index contributed by atoms with van der Waals surface area (Å²) < 4.78 is 11.5. The Kier molecular flexibility index (Phi) is 3.99. The molecule has 0 unspecified atom stereocenters. The molecule has 1 saturated carbocycles. The van der Waals surface area contributed by atoms with Crippen LogP contribution in [0.2, 0.25) is 0 Å². The molecule has 1 saturated heterocycles. The van der Waals surface area contributed by atoms with Gasteiger partial charge in [-0.15, -0.1) is 0 Å². The molecular weight excluding hydrogens is 292 g/mol. The second kappa shape index (κ2) is 6.13. The Balaban J connectivity index is 1.55. The summed E-state index contributed by atoms with van der Waals surface area (Å²) in [5.74, 6) is 0. The summed E-state index contributed by atoms with van der Waals surface area (Å²) in [5.41, 5.74) is 2.34. The van der Waals surface area contributed by atoms with Gasteiger partial charge in [0.05, 0.1) is 24.9 Å². The summed E-state index contributed by atoms with van der Waals surface area (Å²) in [4.78, 5) is 17.1. The highest BCUT2D eigenvalue weighted by Crippen LogP contribution is 2.33. The number of hydrogen-bond acceptors (Lipinski definition) is 3. The fourth-order valence-electron chi connectivity index (χ4n) is 4.22. The van der Waals surface area contributed by atoms with Crippen LogP contribution in [-0.4, -0.2) is 56.0 Å². The number of ether oxygens (including phenoxy) is 2. The lowest BCUT2D eigenvalue weighted by molar-refractivity contribution is -0.0976. The molecule has 2 fully saturated rings. The molecule has 0 radical (unpaired) electrons. The van der Waals surface area contributed by atoms with Gasteiger partial charge in [0, 0.05) is 25.9 Å². The van der Waals surface area contributed by atoms with Crippen molar-refractivity contribution in [3.63, 3.8) is 0 Å². The maximum absolute atomic E-state index is 13.2. The first-order valence-corrected chi connectivity index (χ1v) is 8.58. The summed E-state index contributed by atoms with van der Waals surface area (Å²) in [6, 6.07) is 8.49. The van der Waals surface area contributed by atoms with Crippen LogP contribution in [-0.2, 0) is 15.9 Å². The van der Waals surface area contributed by atoms with E-state index in [2.05, 4.69) is 12.1 Å². The monoisotopic (exact) mass is 316 g/mol. The third kappa shape index (κ3) is 2.62. The molecule has 0 spiro atoms. The zero-order chi connectivity index (χ0) is 15.8. The molecule has 3 atom stereocenters. The van der Waals surface area contributed by atoms with Gasteiger partial charge in [0.25, 0.3) is 0 Å². The quantitative estimate of drug-likeness (QED) is 0.799. The standard InChI is InChI=1S/C18H24N2O3/c1-22-14-6-7-17-16(12-14)20(10-11-23-17)18(21)19-9-8-13-4-2-3-5-15(13)19/h2-5,14,16-17H,6-12H2,1H3/t14-,16-,17-/m1/s1. The molecule has 2 amide bonds. The van der Waals surface area contributed by atoms with Crippen LogP contribution in [0.4, 0.5) is 10.5 Å². The first-order valence-electron chi connectivity index (χ1n) is 8.58. The van der Waals surface area contributed by atoms with Crippen LogP contribution < -0.4 is 4.90 Å². The molecule has 1 aromatic carbocycles. The Morgan fingerprint density at radius 2 is 2.13 bits per heavy atom.